The lowest BCUT2D eigenvalue weighted by atomic mass is 10.1. The molecule has 0 aliphatic heterocycles. The van der Waals surface area contributed by atoms with Gasteiger partial charge >= 0.3 is 0 Å². The fraction of sp³-hybridized carbons (Fsp3) is 0.125. The Bertz CT molecular complexity index is 861. The fourth-order valence-electron chi connectivity index (χ4n) is 2.43. The van der Waals surface area contributed by atoms with E-state index in [1.54, 1.807) is 18.5 Å². The normalized spacial score (nSPS) is 10.7. The Labute approximate surface area is 138 Å². The summed E-state index contributed by atoms with van der Waals surface area (Å²) in [7, 11) is 1.53. The highest BCUT2D eigenvalue weighted by molar-refractivity contribution is 6.34. The van der Waals surface area contributed by atoms with Gasteiger partial charge in [0.2, 0.25) is 0 Å². The van der Waals surface area contributed by atoms with Crippen LogP contribution in [0, 0.1) is 6.92 Å². The quantitative estimate of drug-likeness (QED) is 0.640. The first kappa shape index (κ1) is 15.2. The van der Waals surface area contributed by atoms with Gasteiger partial charge in [-0.25, -0.2) is 4.98 Å². The van der Waals surface area contributed by atoms with Crippen LogP contribution in [0.1, 0.15) is 5.69 Å². The number of imidazole rings is 1. The smallest absolute Gasteiger partial charge is 0.154 e. The van der Waals surface area contributed by atoms with Crippen LogP contribution in [-0.4, -0.2) is 22.1 Å². The standard InChI is InChI=1S/C16H16ClN5O/c1-8-14(9-4-3-5-20-7-9)22-16(21-8)10-6-11(17)12(18)13(19)15(10)23-2/h3-7H,18-19H2,1-2H3,(H,21,22). The topological polar surface area (TPSA) is 103 Å². The zero-order chi connectivity index (χ0) is 16.6. The van der Waals surface area contributed by atoms with E-state index < -0.39 is 0 Å². The van der Waals surface area contributed by atoms with Crippen LogP contribution in [0.2, 0.25) is 5.02 Å². The van der Waals surface area contributed by atoms with Gasteiger partial charge in [0.25, 0.3) is 0 Å². The predicted octanol–water partition coefficient (Wildman–Crippen LogP) is 3.27. The SMILES string of the molecule is COc1c(-c2nc(-c3cccnc3)c(C)[nH]2)cc(Cl)c(N)c1N. The summed E-state index contributed by atoms with van der Waals surface area (Å²) in [6.07, 6.45) is 3.48. The summed E-state index contributed by atoms with van der Waals surface area (Å²) in [5.41, 5.74) is 15.7. The van der Waals surface area contributed by atoms with Crippen molar-refractivity contribution in [2.75, 3.05) is 18.6 Å². The molecule has 0 fully saturated rings. The molecule has 0 spiro atoms. The predicted molar refractivity (Wildman–Crippen MR) is 92.4 cm³/mol. The monoisotopic (exact) mass is 329 g/mol. The van der Waals surface area contributed by atoms with Gasteiger partial charge < -0.3 is 21.2 Å². The summed E-state index contributed by atoms with van der Waals surface area (Å²) < 4.78 is 5.39. The molecule has 0 amide bonds. The number of ether oxygens (including phenoxy) is 1. The van der Waals surface area contributed by atoms with Crippen molar-refractivity contribution in [3.05, 3.63) is 41.3 Å². The summed E-state index contributed by atoms with van der Waals surface area (Å²) >= 11 is 6.15. The van der Waals surface area contributed by atoms with Gasteiger partial charge in [-0.1, -0.05) is 11.6 Å². The molecule has 2 aromatic heterocycles. The largest absolute Gasteiger partial charge is 0.494 e. The molecule has 2 heterocycles. The first-order valence-corrected chi connectivity index (χ1v) is 7.29. The summed E-state index contributed by atoms with van der Waals surface area (Å²) in [6.45, 7) is 1.94. The van der Waals surface area contributed by atoms with E-state index in [-0.39, 0.29) is 0 Å². The van der Waals surface area contributed by atoms with Gasteiger partial charge in [-0.05, 0) is 25.1 Å². The summed E-state index contributed by atoms with van der Waals surface area (Å²) in [5, 5.41) is 0.357. The molecule has 3 rings (SSSR count). The number of aromatic amines is 1. The molecule has 23 heavy (non-hydrogen) atoms. The molecule has 0 unspecified atom stereocenters. The van der Waals surface area contributed by atoms with E-state index in [0.29, 0.717) is 33.5 Å². The third-order valence-corrected chi connectivity index (χ3v) is 3.90. The molecule has 5 N–H and O–H groups in total. The number of aryl methyl sites for hydroxylation is 1. The maximum absolute atomic E-state index is 6.15. The van der Waals surface area contributed by atoms with E-state index >= 15 is 0 Å². The molecule has 118 valence electrons. The highest BCUT2D eigenvalue weighted by Gasteiger charge is 2.19. The maximum atomic E-state index is 6.15. The number of hydrogen-bond donors (Lipinski definition) is 3. The van der Waals surface area contributed by atoms with Gasteiger partial charge in [-0.2, -0.15) is 0 Å². The zero-order valence-corrected chi connectivity index (χ0v) is 13.5. The number of nitrogens with zero attached hydrogens (tertiary/aromatic N) is 2. The van der Waals surface area contributed by atoms with Gasteiger partial charge in [-0.15, -0.1) is 0 Å². The van der Waals surface area contributed by atoms with E-state index in [4.69, 9.17) is 27.8 Å². The Kier molecular flexibility index (Phi) is 3.83. The summed E-state index contributed by atoms with van der Waals surface area (Å²) in [4.78, 5) is 12.0. The van der Waals surface area contributed by atoms with Gasteiger partial charge in [0, 0.05) is 23.7 Å². The minimum Gasteiger partial charge on any atom is -0.494 e. The van der Waals surface area contributed by atoms with Crippen LogP contribution in [0.15, 0.2) is 30.6 Å². The Balaban J connectivity index is 2.18. The molecule has 1 aromatic carbocycles. The van der Waals surface area contributed by atoms with Crippen LogP contribution in [0.3, 0.4) is 0 Å². The van der Waals surface area contributed by atoms with Gasteiger partial charge in [0.1, 0.15) is 5.82 Å². The van der Waals surface area contributed by atoms with Crippen LogP contribution in [0.5, 0.6) is 5.75 Å². The van der Waals surface area contributed by atoms with Gasteiger partial charge in [0.05, 0.1) is 34.8 Å². The zero-order valence-electron chi connectivity index (χ0n) is 12.7. The molecule has 0 aliphatic carbocycles. The molecule has 0 bridgehead atoms. The van der Waals surface area contributed by atoms with E-state index in [1.807, 2.05) is 19.1 Å². The number of pyridine rings is 1. The van der Waals surface area contributed by atoms with Crippen LogP contribution >= 0.6 is 11.6 Å². The highest BCUT2D eigenvalue weighted by atomic mass is 35.5. The van der Waals surface area contributed by atoms with Gasteiger partial charge in [0.15, 0.2) is 5.75 Å². The lowest BCUT2D eigenvalue weighted by Crippen LogP contribution is -2.01. The minimum absolute atomic E-state index is 0.294. The summed E-state index contributed by atoms with van der Waals surface area (Å²) in [5.74, 6) is 1.05. The number of rotatable bonds is 3. The number of anilines is 2. The third-order valence-electron chi connectivity index (χ3n) is 3.59. The number of aromatic nitrogens is 3. The van der Waals surface area contributed by atoms with E-state index in [9.17, 15) is 0 Å². The molecule has 3 aromatic rings. The lowest BCUT2D eigenvalue weighted by Gasteiger charge is -2.12. The maximum Gasteiger partial charge on any atom is 0.154 e. The van der Waals surface area contributed by atoms with Crippen LogP contribution in [-0.2, 0) is 0 Å². The summed E-state index contributed by atoms with van der Waals surface area (Å²) in [6, 6.07) is 5.50. The molecule has 0 atom stereocenters. The molecule has 0 saturated heterocycles. The molecule has 6 nitrogen and oxygen atoms in total. The number of H-pyrrole nitrogens is 1. The first-order chi connectivity index (χ1) is 11.0. The van der Waals surface area contributed by atoms with E-state index in [0.717, 1.165) is 17.0 Å². The van der Waals surface area contributed by atoms with Crippen LogP contribution in [0.25, 0.3) is 22.6 Å². The molecule has 0 saturated carbocycles. The second-order valence-corrected chi connectivity index (χ2v) is 5.47. The Morgan fingerprint density at radius 2 is 2.04 bits per heavy atom. The van der Waals surface area contributed by atoms with E-state index in [2.05, 4.69) is 15.0 Å². The Morgan fingerprint density at radius 1 is 1.26 bits per heavy atom. The highest BCUT2D eigenvalue weighted by Crippen LogP contribution is 2.42. The molecular weight excluding hydrogens is 314 g/mol. The minimum atomic E-state index is 0.294. The second-order valence-electron chi connectivity index (χ2n) is 5.07. The first-order valence-electron chi connectivity index (χ1n) is 6.91. The number of nitrogens with two attached hydrogens (primary N) is 2. The molecule has 0 aliphatic rings. The van der Waals surface area contributed by atoms with Gasteiger partial charge in [-0.3, -0.25) is 4.98 Å². The van der Waals surface area contributed by atoms with E-state index in [1.165, 1.54) is 7.11 Å². The van der Waals surface area contributed by atoms with Crippen molar-refractivity contribution in [1.29, 1.82) is 0 Å². The molecule has 0 radical (unpaired) electrons. The molecular formula is C16H16ClN5O. The van der Waals surface area contributed by atoms with Crippen LogP contribution < -0.4 is 16.2 Å². The number of benzene rings is 1. The number of hydrogen-bond acceptors (Lipinski definition) is 5. The van der Waals surface area contributed by atoms with Crippen LogP contribution in [0.4, 0.5) is 11.4 Å². The number of methoxy groups -OCH3 is 1. The van der Waals surface area contributed by atoms with Crippen molar-refractivity contribution >= 4 is 23.0 Å². The van der Waals surface area contributed by atoms with Crippen molar-refractivity contribution in [2.24, 2.45) is 0 Å². The average molecular weight is 330 g/mol. The van der Waals surface area contributed by atoms with Crippen molar-refractivity contribution in [1.82, 2.24) is 15.0 Å². The number of nitrogen functional groups attached to an aromatic ring is 2. The van der Waals surface area contributed by atoms with Crippen molar-refractivity contribution in [3.8, 4) is 28.4 Å². The Morgan fingerprint density at radius 3 is 2.70 bits per heavy atom. The third kappa shape index (κ3) is 2.57. The van der Waals surface area contributed by atoms with Crippen molar-refractivity contribution < 1.29 is 4.74 Å². The van der Waals surface area contributed by atoms with Crippen molar-refractivity contribution in [3.63, 3.8) is 0 Å². The van der Waals surface area contributed by atoms with Crippen molar-refractivity contribution in [2.45, 2.75) is 6.92 Å². The Hall–Kier alpha value is -2.73. The number of halogens is 1. The number of nitrogens with one attached hydrogen (secondary N) is 1. The second kappa shape index (κ2) is 5.81. The lowest BCUT2D eigenvalue weighted by molar-refractivity contribution is 0.418. The average Bonchev–Trinajstić information content (AvgIpc) is 2.95. The fourth-order valence-corrected chi connectivity index (χ4v) is 2.64. The molecule has 7 heteroatoms.